The van der Waals surface area contributed by atoms with Gasteiger partial charge in [0.15, 0.2) is 0 Å². The molecule has 1 atom stereocenters. The Bertz CT molecular complexity index is 745. The molecule has 1 saturated carbocycles. The minimum atomic E-state index is -0.369. The summed E-state index contributed by atoms with van der Waals surface area (Å²) < 4.78 is 10.6. The molecule has 1 fully saturated rings. The van der Waals surface area contributed by atoms with Crippen LogP contribution in [-0.4, -0.2) is 18.0 Å². The number of esters is 2. The average Bonchev–Trinajstić information content (AvgIpc) is 3.22. The average molecular weight is 343 g/mol. The van der Waals surface area contributed by atoms with E-state index in [-0.39, 0.29) is 30.6 Å². The van der Waals surface area contributed by atoms with E-state index in [0.29, 0.717) is 11.3 Å². The fourth-order valence-corrected chi connectivity index (χ4v) is 3.67. The van der Waals surface area contributed by atoms with Crippen LogP contribution in [0.2, 0.25) is 0 Å². The third-order valence-corrected chi connectivity index (χ3v) is 5.36. The zero-order valence-electron chi connectivity index (χ0n) is 15.1. The molecule has 0 bridgehead atoms. The lowest BCUT2D eigenvalue weighted by Gasteiger charge is -2.15. The largest absolute Gasteiger partial charge is 0.458 e. The molecule has 1 aromatic rings. The molecule has 0 spiro atoms. The lowest BCUT2D eigenvalue weighted by molar-refractivity contribution is -0.150. The predicted octanol–water partition coefficient (Wildman–Crippen LogP) is 3.69. The number of nitrogen functional groups attached to an aromatic ring is 1. The van der Waals surface area contributed by atoms with Crippen LogP contribution in [0.25, 0.3) is 6.08 Å². The van der Waals surface area contributed by atoms with Crippen molar-refractivity contribution in [1.82, 2.24) is 0 Å². The quantitative estimate of drug-likeness (QED) is 0.666. The van der Waals surface area contributed by atoms with E-state index in [9.17, 15) is 9.59 Å². The number of nitrogens with two attached hydrogens (primary N) is 1. The highest BCUT2D eigenvalue weighted by atomic mass is 16.5. The Kier molecular flexibility index (Phi) is 4.84. The molecule has 0 radical (unpaired) electrons. The maximum Gasteiger partial charge on any atom is 0.341 e. The maximum absolute atomic E-state index is 12.1. The van der Waals surface area contributed by atoms with Gasteiger partial charge < -0.3 is 15.2 Å². The Morgan fingerprint density at radius 1 is 1.28 bits per heavy atom. The topological polar surface area (TPSA) is 78.6 Å². The number of cyclic esters (lactones) is 1. The van der Waals surface area contributed by atoms with Gasteiger partial charge in [0, 0.05) is 11.1 Å². The van der Waals surface area contributed by atoms with Crippen LogP contribution in [0.15, 0.2) is 6.08 Å². The smallest absolute Gasteiger partial charge is 0.341 e. The normalized spacial score (nSPS) is 18.4. The van der Waals surface area contributed by atoms with Crippen LogP contribution in [0, 0.1) is 19.8 Å². The van der Waals surface area contributed by atoms with Gasteiger partial charge in [-0.3, -0.25) is 4.79 Å². The van der Waals surface area contributed by atoms with Crippen LogP contribution >= 0.6 is 0 Å². The van der Waals surface area contributed by atoms with Crippen LogP contribution < -0.4 is 5.73 Å². The molecule has 0 saturated heterocycles. The number of hydrogen-bond donors (Lipinski definition) is 1. The summed E-state index contributed by atoms with van der Waals surface area (Å²) in [7, 11) is 0. The third kappa shape index (κ3) is 3.28. The van der Waals surface area contributed by atoms with Crippen molar-refractivity contribution in [2.24, 2.45) is 5.92 Å². The number of fused-ring (bicyclic) bond motifs is 1. The summed E-state index contributed by atoms with van der Waals surface area (Å²) in [6, 6.07) is 0. The molecule has 1 heterocycles. The SMILES string of the molecule is Cc1c(C)c2c(c(N)c1/C=C/C(C)OC(=O)C1CCCC1)C(=O)OC2. The number of ether oxygens (including phenoxy) is 2. The molecule has 2 aliphatic rings. The highest BCUT2D eigenvalue weighted by Crippen LogP contribution is 2.35. The zero-order valence-corrected chi connectivity index (χ0v) is 15.1. The molecule has 134 valence electrons. The van der Waals surface area contributed by atoms with E-state index in [1.165, 1.54) is 0 Å². The molecule has 3 rings (SSSR count). The number of carbonyl (C=O) groups is 2. The Morgan fingerprint density at radius 3 is 2.64 bits per heavy atom. The van der Waals surface area contributed by atoms with Crippen LogP contribution in [0.3, 0.4) is 0 Å². The van der Waals surface area contributed by atoms with Gasteiger partial charge in [0.25, 0.3) is 0 Å². The molecule has 1 aromatic carbocycles. The number of rotatable bonds is 4. The maximum atomic E-state index is 12.1. The molecule has 5 heteroatoms. The van der Waals surface area contributed by atoms with Gasteiger partial charge in [0.05, 0.1) is 17.2 Å². The first kappa shape index (κ1) is 17.5. The van der Waals surface area contributed by atoms with Gasteiger partial charge in [0.1, 0.15) is 12.7 Å². The zero-order chi connectivity index (χ0) is 18.1. The Hall–Kier alpha value is -2.30. The second-order valence-electron chi connectivity index (χ2n) is 6.99. The van der Waals surface area contributed by atoms with E-state index in [0.717, 1.165) is 47.9 Å². The summed E-state index contributed by atoms with van der Waals surface area (Å²) in [5.74, 6) is -0.446. The van der Waals surface area contributed by atoms with E-state index in [4.69, 9.17) is 15.2 Å². The second kappa shape index (κ2) is 6.90. The number of hydrogen-bond acceptors (Lipinski definition) is 5. The summed E-state index contributed by atoms with van der Waals surface area (Å²) in [6.07, 6.45) is 7.37. The fraction of sp³-hybridized carbons (Fsp3) is 0.500. The van der Waals surface area contributed by atoms with Crippen molar-refractivity contribution >= 4 is 23.7 Å². The highest BCUT2D eigenvalue weighted by Gasteiger charge is 2.29. The number of benzene rings is 1. The lowest BCUT2D eigenvalue weighted by Crippen LogP contribution is -2.19. The van der Waals surface area contributed by atoms with Gasteiger partial charge >= 0.3 is 11.9 Å². The van der Waals surface area contributed by atoms with Gasteiger partial charge in [-0.15, -0.1) is 0 Å². The molecular formula is C20H25NO4. The number of anilines is 1. The van der Waals surface area contributed by atoms with Gasteiger partial charge in [-0.25, -0.2) is 4.79 Å². The van der Waals surface area contributed by atoms with Crippen LogP contribution in [0.1, 0.15) is 65.2 Å². The highest BCUT2D eigenvalue weighted by molar-refractivity contribution is 6.01. The monoisotopic (exact) mass is 343 g/mol. The third-order valence-electron chi connectivity index (χ3n) is 5.36. The Balaban J connectivity index is 1.79. The van der Waals surface area contributed by atoms with Crippen LogP contribution in [-0.2, 0) is 20.9 Å². The molecule has 1 aliphatic heterocycles. The van der Waals surface area contributed by atoms with E-state index in [2.05, 4.69) is 0 Å². The van der Waals surface area contributed by atoms with Gasteiger partial charge in [-0.05, 0) is 50.8 Å². The van der Waals surface area contributed by atoms with Crippen LogP contribution in [0.5, 0.6) is 0 Å². The van der Waals surface area contributed by atoms with Crippen molar-refractivity contribution in [2.75, 3.05) is 5.73 Å². The molecule has 1 aliphatic carbocycles. The molecule has 2 N–H and O–H groups in total. The molecule has 1 unspecified atom stereocenters. The van der Waals surface area contributed by atoms with Crippen molar-refractivity contribution in [3.05, 3.63) is 33.9 Å². The first-order valence-corrected chi connectivity index (χ1v) is 8.87. The van der Waals surface area contributed by atoms with E-state index >= 15 is 0 Å². The van der Waals surface area contributed by atoms with E-state index < -0.39 is 0 Å². The Morgan fingerprint density at radius 2 is 1.96 bits per heavy atom. The minimum Gasteiger partial charge on any atom is -0.458 e. The van der Waals surface area contributed by atoms with Crippen molar-refractivity contribution in [1.29, 1.82) is 0 Å². The number of carbonyl (C=O) groups excluding carboxylic acids is 2. The molecule has 0 aromatic heterocycles. The summed E-state index contributed by atoms with van der Waals surface area (Å²) >= 11 is 0. The lowest BCUT2D eigenvalue weighted by atomic mass is 9.92. The van der Waals surface area contributed by atoms with Crippen molar-refractivity contribution in [3.8, 4) is 0 Å². The first-order valence-electron chi connectivity index (χ1n) is 8.87. The first-order chi connectivity index (χ1) is 11.9. The van der Waals surface area contributed by atoms with Gasteiger partial charge in [-0.2, -0.15) is 0 Å². The minimum absolute atomic E-state index is 0.0414. The Labute approximate surface area is 148 Å². The summed E-state index contributed by atoms with van der Waals surface area (Å²) in [6.45, 7) is 6.06. The van der Waals surface area contributed by atoms with E-state index in [1.54, 1.807) is 0 Å². The predicted molar refractivity (Wildman–Crippen MR) is 96.0 cm³/mol. The second-order valence-corrected chi connectivity index (χ2v) is 6.99. The van der Waals surface area contributed by atoms with Crippen molar-refractivity contribution in [2.45, 2.75) is 59.2 Å². The molecule has 5 nitrogen and oxygen atoms in total. The fourth-order valence-electron chi connectivity index (χ4n) is 3.67. The molecular weight excluding hydrogens is 318 g/mol. The molecule has 0 amide bonds. The molecule has 25 heavy (non-hydrogen) atoms. The standard InChI is InChI=1S/C20H25NO4/c1-11(25-19(22)14-6-4-5-7-14)8-9-15-12(2)13(3)16-10-24-20(23)17(16)18(15)21/h8-9,11,14H,4-7,10,21H2,1-3H3/b9-8+. The van der Waals surface area contributed by atoms with E-state index in [1.807, 2.05) is 32.9 Å². The van der Waals surface area contributed by atoms with Gasteiger partial charge in [-0.1, -0.05) is 18.9 Å². The van der Waals surface area contributed by atoms with Gasteiger partial charge in [0.2, 0.25) is 0 Å². The van der Waals surface area contributed by atoms with Crippen molar-refractivity contribution in [3.63, 3.8) is 0 Å². The summed E-state index contributed by atoms with van der Waals surface area (Å²) in [5, 5.41) is 0. The summed E-state index contributed by atoms with van der Waals surface area (Å²) in [5.41, 5.74) is 10.8. The van der Waals surface area contributed by atoms with Crippen LogP contribution in [0.4, 0.5) is 5.69 Å². The van der Waals surface area contributed by atoms with Crippen molar-refractivity contribution < 1.29 is 19.1 Å². The summed E-state index contributed by atoms with van der Waals surface area (Å²) in [4.78, 5) is 24.0.